The number of rotatable bonds is 3. The Kier molecular flexibility index (Phi) is 12.4. The number of benzene rings is 2. The minimum Gasteiger partial charge on any atom is -0.298 e. The average Bonchev–Trinajstić information content (AvgIpc) is 2.67. The van der Waals surface area contributed by atoms with Gasteiger partial charge in [-0.3, -0.25) is 9.93 Å². The highest BCUT2D eigenvalue weighted by Gasteiger charge is 2.18. The third-order valence-electron chi connectivity index (χ3n) is 3.16. The standard InChI is InChI=1S/C11H15NOS.C7H6O.C4H11NOS/c1-11(2,3)14(13)12-9-10-7-5-4-6-8-10;8-6-7-4-2-1-3-5-7;1-4(2,3)7(5)6/h4-9H,1-3H3;1-6H;5H2,1-3H3/t14-;;7-/m1.1/s1. The summed E-state index contributed by atoms with van der Waals surface area (Å²) in [5.41, 5.74) is 1.71. The number of hydrogen-bond acceptors (Lipinski definition) is 3. The van der Waals surface area contributed by atoms with E-state index in [-0.39, 0.29) is 9.49 Å². The van der Waals surface area contributed by atoms with Gasteiger partial charge in [0.2, 0.25) is 0 Å². The maximum atomic E-state index is 11.6. The summed E-state index contributed by atoms with van der Waals surface area (Å²) < 4.78 is 25.4. The molecule has 2 aromatic carbocycles. The molecule has 0 bridgehead atoms. The Hall–Kier alpha value is -1.96. The third kappa shape index (κ3) is 13.8. The molecule has 2 N–H and O–H groups in total. The number of hydrogen-bond donors (Lipinski definition) is 1. The van der Waals surface area contributed by atoms with Crippen LogP contribution in [0.1, 0.15) is 57.5 Å². The van der Waals surface area contributed by atoms with Crippen LogP contribution in [0.15, 0.2) is 65.1 Å². The molecule has 29 heavy (non-hydrogen) atoms. The van der Waals surface area contributed by atoms with Gasteiger partial charge in [0.25, 0.3) is 0 Å². The summed E-state index contributed by atoms with van der Waals surface area (Å²) in [7, 11) is -2.35. The Morgan fingerprint density at radius 3 is 1.41 bits per heavy atom. The minimum atomic E-state index is -1.18. The molecular formula is C22H32N2O3S2. The van der Waals surface area contributed by atoms with Gasteiger partial charge < -0.3 is 0 Å². The summed E-state index contributed by atoms with van der Waals surface area (Å²) in [6.45, 7) is 11.2. The van der Waals surface area contributed by atoms with Crippen molar-refractivity contribution in [3.63, 3.8) is 0 Å². The highest BCUT2D eigenvalue weighted by Crippen LogP contribution is 2.12. The van der Waals surface area contributed by atoms with Crippen molar-refractivity contribution in [3.05, 3.63) is 71.8 Å². The van der Waals surface area contributed by atoms with Crippen LogP contribution < -0.4 is 5.14 Å². The van der Waals surface area contributed by atoms with E-state index in [4.69, 9.17) is 5.14 Å². The summed E-state index contributed by atoms with van der Waals surface area (Å²) >= 11 is 0. The van der Waals surface area contributed by atoms with Crippen LogP contribution in [0.3, 0.4) is 0 Å². The lowest BCUT2D eigenvalue weighted by Gasteiger charge is -2.12. The van der Waals surface area contributed by atoms with Gasteiger partial charge in [-0.25, -0.2) is 8.42 Å². The smallest absolute Gasteiger partial charge is 0.150 e. The first-order valence-corrected chi connectivity index (χ1v) is 11.4. The van der Waals surface area contributed by atoms with Crippen molar-refractivity contribution in [1.82, 2.24) is 0 Å². The van der Waals surface area contributed by atoms with Gasteiger partial charge in [0.1, 0.15) is 17.3 Å². The molecule has 160 valence electrons. The molecule has 0 saturated carbocycles. The van der Waals surface area contributed by atoms with Gasteiger partial charge >= 0.3 is 0 Å². The highest BCUT2D eigenvalue weighted by atomic mass is 32.2. The van der Waals surface area contributed by atoms with Gasteiger partial charge in [0.05, 0.1) is 20.5 Å². The molecule has 0 unspecified atom stereocenters. The van der Waals surface area contributed by atoms with E-state index in [1.54, 1.807) is 18.3 Å². The number of carbonyl (C=O) groups is 1. The van der Waals surface area contributed by atoms with Crippen LogP contribution in [0, 0.1) is 0 Å². The summed E-state index contributed by atoms with van der Waals surface area (Å²) in [5, 5.41) is 5.04. The molecular weight excluding hydrogens is 404 g/mol. The van der Waals surface area contributed by atoms with Crippen LogP contribution in [-0.2, 0) is 22.0 Å². The van der Waals surface area contributed by atoms with Gasteiger partial charge in [-0.1, -0.05) is 60.7 Å². The topological polar surface area (TPSA) is 89.6 Å². The Labute approximate surface area is 180 Å². The lowest BCUT2D eigenvalue weighted by Crippen LogP contribution is -2.27. The Morgan fingerprint density at radius 2 is 1.14 bits per heavy atom. The Morgan fingerprint density at radius 1 is 0.759 bits per heavy atom. The molecule has 0 aromatic heterocycles. The predicted molar refractivity (Wildman–Crippen MR) is 126 cm³/mol. The van der Waals surface area contributed by atoms with Gasteiger partial charge in [0, 0.05) is 11.8 Å². The molecule has 2 rings (SSSR count). The second kappa shape index (κ2) is 13.3. The third-order valence-corrected chi connectivity index (χ3v) is 5.71. The van der Waals surface area contributed by atoms with E-state index >= 15 is 0 Å². The van der Waals surface area contributed by atoms with E-state index < -0.39 is 22.0 Å². The Bertz CT molecular complexity index is 794. The van der Waals surface area contributed by atoms with Crippen LogP contribution in [0.2, 0.25) is 0 Å². The number of aldehydes is 1. The summed E-state index contributed by atoms with van der Waals surface area (Å²) in [6, 6.07) is 18.8. The molecule has 7 heteroatoms. The van der Waals surface area contributed by atoms with Crippen molar-refractivity contribution in [2.45, 2.75) is 51.0 Å². The van der Waals surface area contributed by atoms with Crippen molar-refractivity contribution in [1.29, 1.82) is 0 Å². The first-order chi connectivity index (χ1) is 13.4. The first-order valence-electron chi connectivity index (χ1n) is 9.05. The summed E-state index contributed by atoms with van der Waals surface area (Å²) in [4.78, 5) is 10.0. The zero-order valence-electron chi connectivity index (χ0n) is 18.0. The molecule has 5 nitrogen and oxygen atoms in total. The molecule has 0 amide bonds. The molecule has 0 aliphatic rings. The average molecular weight is 437 g/mol. The van der Waals surface area contributed by atoms with Crippen molar-refractivity contribution in [2.24, 2.45) is 9.54 Å². The first kappa shape index (κ1) is 27.0. The predicted octanol–water partition coefficient (Wildman–Crippen LogP) is 4.47. The number of nitrogens with zero attached hydrogens (tertiary/aromatic N) is 1. The summed E-state index contributed by atoms with van der Waals surface area (Å²) in [5.74, 6) is 0. The van der Waals surface area contributed by atoms with E-state index in [0.717, 1.165) is 17.4 Å². The molecule has 0 aliphatic carbocycles. The lowest BCUT2D eigenvalue weighted by molar-refractivity contribution is 0.112. The largest absolute Gasteiger partial charge is 0.298 e. The zero-order chi connectivity index (χ0) is 22.5. The quantitative estimate of drug-likeness (QED) is 0.568. The molecule has 0 saturated heterocycles. The monoisotopic (exact) mass is 436 g/mol. The van der Waals surface area contributed by atoms with Crippen molar-refractivity contribution in [3.8, 4) is 0 Å². The molecule has 0 aliphatic heterocycles. The highest BCUT2D eigenvalue weighted by molar-refractivity contribution is 7.85. The molecule has 0 heterocycles. The zero-order valence-corrected chi connectivity index (χ0v) is 19.6. The molecule has 2 atom stereocenters. The van der Waals surface area contributed by atoms with Crippen molar-refractivity contribution >= 4 is 34.5 Å². The second-order valence-electron chi connectivity index (χ2n) is 7.95. The second-order valence-corrected chi connectivity index (χ2v) is 11.7. The van der Waals surface area contributed by atoms with Gasteiger partial charge in [-0.15, -0.1) is 0 Å². The number of nitrogens with two attached hydrogens (primary N) is 1. The van der Waals surface area contributed by atoms with Gasteiger partial charge in [-0.2, -0.15) is 4.40 Å². The van der Waals surface area contributed by atoms with E-state index in [2.05, 4.69) is 4.40 Å². The van der Waals surface area contributed by atoms with E-state index in [0.29, 0.717) is 0 Å². The fourth-order valence-corrected chi connectivity index (χ4v) is 1.87. The Balaban J connectivity index is 0.000000444. The van der Waals surface area contributed by atoms with Crippen LogP contribution in [-0.4, -0.2) is 30.4 Å². The molecule has 2 aromatic rings. The molecule has 0 spiro atoms. The van der Waals surface area contributed by atoms with Crippen LogP contribution in [0.4, 0.5) is 0 Å². The lowest BCUT2D eigenvalue weighted by atomic mass is 10.2. The van der Waals surface area contributed by atoms with Crippen molar-refractivity contribution in [2.75, 3.05) is 0 Å². The van der Waals surface area contributed by atoms with E-state index in [1.807, 2.05) is 90.1 Å². The maximum absolute atomic E-state index is 11.6. The number of carbonyl (C=O) groups excluding carboxylic acids is 1. The fraction of sp³-hybridized carbons (Fsp3) is 0.364. The van der Waals surface area contributed by atoms with Crippen molar-refractivity contribution < 1.29 is 13.2 Å². The maximum Gasteiger partial charge on any atom is 0.150 e. The minimum absolute atomic E-state index is 0.250. The molecule has 0 radical (unpaired) electrons. The fourth-order valence-electron chi connectivity index (χ4n) is 1.34. The van der Waals surface area contributed by atoms with Crippen LogP contribution >= 0.6 is 0 Å². The van der Waals surface area contributed by atoms with Gasteiger partial charge in [0.15, 0.2) is 0 Å². The normalized spacial score (nSPS) is 13.3. The van der Waals surface area contributed by atoms with Crippen LogP contribution in [0.5, 0.6) is 0 Å². The van der Waals surface area contributed by atoms with E-state index in [9.17, 15) is 13.2 Å². The van der Waals surface area contributed by atoms with E-state index in [1.165, 1.54) is 0 Å². The molecule has 0 fully saturated rings. The van der Waals surface area contributed by atoms with Crippen LogP contribution in [0.25, 0.3) is 0 Å². The summed E-state index contributed by atoms with van der Waals surface area (Å²) in [6.07, 6.45) is 2.49. The SMILES string of the molecule is CC(C)(C)[S@@](=O)N=Cc1ccccc1.CC(C)(C)[S@](N)=O.O=Cc1ccccc1. The van der Waals surface area contributed by atoms with Gasteiger partial charge in [-0.05, 0) is 47.1 Å².